The monoisotopic (exact) mass is 590 g/mol. The van der Waals surface area contributed by atoms with Gasteiger partial charge in [0.15, 0.2) is 5.41 Å². The van der Waals surface area contributed by atoms with Crippen LogP contribution in [0.4, 0.5) is 13.2 Å². The minimum absolute atomic E-state index is 0.0550. The molecular weight excluding hydrogens is 533 g/mol. The molecule has 1 rings (SSSR count). The van der Waals surface area contributed by atoms with Crippen molar-refractivity contribution in [3.05, 3.63) is 35.9 Å². The lowest BCUT2D eigenvalue weighted by molar-refractivity contribution is -0.236. The molecule has 40 heavy (non-hydrogen) atoms. The molecule has 0 bridgehead atoms. The van der Waals surface area contributed by atoms with Gasteiger partial charge in [-0.25, -0.2) is 0 Å². The summed E-state index contributed by atoms with van der Waals surface area (Å²) in [5.41, 5.74) is -2.19. The van der Waals surface area contributed by atoms with E-state index in [1.165, 1.54) is 45.7 Å². The van der Waals surface area contributed by atoms with Crippen molar-refractivity contribution in [1.29, 1.82) is 0 Å². The second-order valence-electron chi connectivity index (χ2n) is 13.4. The van der Waals surface area contributed by atoms with Gasteiger partial charge in [-0.15, -0.1) is 0 Å². The normalized spacial score (nSPS) is 14.4. The molecular formula is C32H57F3O4Si. The first-order valence-electron chi connectivity index (χ1n) is 14.5. The molecule has 0 aliphatic rings. The molecule has 234 valence electrons. The van der Waals surface area contributed by atoms with E-state index in [0.29, 0.717) is 12.5 Å². The summed E-state index contributed by atoms with van der Waals surface area (Å²) in [7, 11) is -0.975. The summed E-state index contributed by atoms with van der Waals surface area (Å²) in [4.78, 5) is 23.0. The average molecular weight is 591 g/mol. The number of halogens is 3. The molecule has 0 radical (unpaired) electrons. The molecule has 1 aromatic rings. The van der Waals surface area contributed by atoms with E-state index >= 15 is 0 Å². The maximum atomic E-state index is 12.6. The third-order valence-electron chi connectivity index (χ3n) is 6.90. The maximum absolute atomic E-state index is 12.6. The van der Waals surface area contributed by atoms with Crippen LogP contribution in [-0.2, 0) is 19.1 Å². The molecule has 0 heterocycles. The Kier molecular flexibility index (Phi) is 17.3. The maximum Gasteiger partial charge on any atom is 0.404 e. The molecule has 0 N–H and O–H groups in total. The van der Waals surface area contributed by atoms with E-state index in [0.717, 1.165) is 19.8 Å². The van der Waals surface area contributed by atoms with E-state index in [-0.39, 0.29) is 17.8 Å². The Labute approximate surface area is 243 Å². The zero-order chi connectivity index (χ0) is 32.0. The lowest BCUT2D eigenvalue weighted by atomic mass is 9.86. The van der Waals surface area contributed by atoms with Crippen LogP contribution in [0.25, 0.3) is 0 Å². The minimum Gasteiger partial charge on any atom is -0.465 e. The Morgan fingerprint density at radius 1 is 0.850 bits per heavy atom. The van der Waals surface area contributed by atoms with Crippen LogP contribution in [-0.4, -0.2) is 38.4 Å². The fraction of sp³-hybridized carbons (Fsp3) is 0.750. The van der Waals surface area contributed by atoms with Crippen LogP contribution in [0.2, 0.25) is 25.7 Å². The Hall–Kier alpha value is -1.83. The van der Waals surface area contributed by atoms with Crippen molar-refractivity contribution in [2.24, 2.45) is 10.8 Å². The molecule has 0 amide bonds. The van der Waals surface area contributed by atoms with Crippen molar-refractivity contribution in [3.8, 4) is 0 Å². The highest BCUT2D eigenvalue weighted by atomic mass is 28.3. The molecule has 0 spiro atoms. The zero-order valence-electron chi connectivity index (χ0n) is 27.5. The van der Waals surface area contributed by atoms with Crippen LogP contribution in [0.5, 0.6) is 0 Å². The number of benzene rings is 1. The first-order valence-corrected chi connectivity index (χ1v) is 18.2. The third-order valence-corrected chi connectivity index (χ3v) is 8.76. The molecule has 0 aliphatic heterocycles. The van der Waals surface area contributed by atoms with Gasteiger partial charge in [0.05, 0.1) is 12.0 Å². The Balaban J connectivity index is 0. The summed E-state index contributed by atoms with van der Waals surface area (Å²) in [6, 6.07) is 11.9. The summed E-state index contributed by atoms with van der Waals surface area (Å²) in [5, 5.41) is 0. The SMILES string of the molecule is CCC(C)(C(=O)OC(C)(C)C)C(F)(F)F.CCC(C)(C)C(=O)OCCC[Si](C)(C)C.CCC(C)c1ccccc1. The summed E-state index contributed by atoms with van der Waals surface area (Å²) in [5.74, 6) is -0.563. The minimum atomic E-state index is -4.58. The fourth-order valence-electron chi connectivity index (χ4n) is 2.98. The van der Waals surface area contributed by atoms with Gasteiger partial charge in [0.25, 0.3) is 0 Å². The molecule has 4 nitrogen and oxygen atoms in total. The van der Waals surface area contributed by atoms with Gasteiger partial charge in [0.1, 0.15) is 5.60 Å². The summed E-state index contributed by atoms with van der Waals surface area (Å²) in [6.07, 6.45) is -1.83. The van der Waals surface area contributed by atoms with Crippen molar-refractivity contribution in [1.82, 2.24) is 0 Å². The van der Waals surface area contributed by atoms with Crippen LogP contribution < -0.4 is 0 Å². The van der Waals surface area contributed by atoms with Crippen molar-refractivity contribution >= 4 is 20.0 Å². The van der Waals surface area contributed by atoms with Crippen LogP contribution >= 0.6 is 0 Å². The molecule has 0 aromatic heterocycles. The van der Waals surface area contributed by atoms with Gasteiger partial charge < -0.3 is 9.47 Å². The molecule has 0 fully saturated rings. The number of carbonyl (C=O) groups excluding carboxylic acids is 2. The number of hydrogen-bond acceptors (Lipinski definition) is 4. The van der Waals surface area contributed by atoms with Gasteiger partial charge in [0, 0.05) is 8.07 Å². The van der Waals surface area contributed by atoms with Crippen molar-refractivity contribution in [2.45, 2.75) is 138 Å². The number of carbonyl (C=O) groups is 2. The predicted octanol–water partition coefficient (Wildman–Crippen LogP) is 10.2. The smallest absolute Gasteiger partial charge is 0.404 e. The van der Waals surface area contributed by atoms with Gasteiger partial charge in [-0.2, -0.15) is 13.2 Å². The number of esters is 2. The largest absolute Gasteiger partial charge is 0.465 e. The Morgan fingerprint density at radius 3 is 1.70 bits per heavy atom. The molecule has 0 aliphatic carbocycles. The lowest BCUT2D eigenvalue weighted by Gasteiger charge is -2.32. The third kappa shape index (κ3) is 16.4. The molecule has 2 atom stereocenters. The molecule has 1 aromatic carbocycles. The number of alkyl halides is 3. The number of hydrogen-bond donors (Lipinski definition) is 0. The quantitative estimate of drug-likeness (QED) is 0.155. The first kappa shape index (κ1) is 40.3. The highest BCUT2D eigenvalue weighted by Gasteiger charge is 2.57. The first-order chi connectivity index (χ1) is 18.0. The molecule has 0 saturated heterocycles. The van der Waals surface area contributed by atoms with E-state index in [4.69, 9.17) is 9.47 Å². The standard InChI is InChI=1S/C12H26O2Si.C10H17F3O2.C10H14/c1-7-12(2,3)11(13)14-9-8-10-15(4,5)6;1-6-9(5,10(11,12)13)7(14)15-8(2,3)4;1-3-9(2)10-7-5-4-6-8-10/h7-10H2,1-6H3;6H2,1-5H3;4-9H,3H2,1-2H3. The molecule has 0 saturated carbocycles. The van der Waals surface area contributed by atoms with E-state index in [1.54, 1.807) is 0 Å². The van der Waals surface area contributed by atoms with Crippen LogP contribution in [0.1, 0.15) is 106 Å². The van der Waals surface area contributed by atoms with E-state index < -0.39 is 31.2 Å². The van der Waals surface area contributed by atoms with Crippen molar-refractivity contribution < 1.29 is 32.2 Å². The van der Waals surface area contributed by atoms with Crippen LogP contribution in [0, 0.1) is 10.8 Å². The number of ether oxygens (including phenoxy) is 2. The average Bonchev–Trinajstić information content (AvgIpc) is 2.84. The molecule has 2 unspecified atom stereocenters. The summed E-state index contributed by atoms with van der Waals surface area (Å²) in [6.45, 7) is 24.8. The lowest BCUT2D eigenvalue weighted by Crippen LogP contribution is -2.45. The van der Waals surface area contributed by atoms with E-state index in [2.05, 4.69) is 63.8 Å². The van der Waals surface area contributed by atoms with Crippen LogP contribution in [0.15, 0.2) is 30.3 Å². The summed E-state index contributed by atoms with van der Waals surface area (Å²) < 4.78 is 47.9. The highest BCUT2D eigenvalue weighted by Crippen LogP contribution is 2.42. The van der Waals surface area contributed by atoms with Gasteiger partial charge >= 0.3 is 18.1 Å². The fourth-order valence-corrected chi connectivity index (χ4v) is 4.18. The van der Waals surface area contributed by atoms with Gasteiger partial charge in [0.2, 0.25) is 0 Å². The molecule has 8 heteroatoms. The summed E-state index contributed by atoms with van der Waals surface area (Å²) >= 11 is 0. The second-order valence-corrected chi connectivity index (χ2v) is 19.1. The number of rotatable bonds is 10. The van der Waals surface area contributed by atoms with E-state index in [9.17, 15) is 22.8 Å². The van der Waals surface area contributed by atoms with Crippen LogP contribution in [0.3, 0.4) is 0 Å². The van der Waals surface area contributed by atoms with Gasteiger partial charge in [-0.1, -0.05) is 83.7 Å². The zero-order valence-corrected chi connectivity index (χ0v) is 28.5. The second kappa shape index (κ2) is 17.2. The van der Waals surface area contributed by atoms with Gasteiger partial charge in [-0.05, 0) is 78.7 Å². The topological polar surface area (TPSA) is 52.6 Å². The predicted molar refractivity (Wildman–Crippen MR) is 163 cm³/mol. The Bertz CT molecular complexity index is 856. The van der Waals surface area contributed by atoms with E-state index in [1.807, 2.05) is 20.8 Å². The van der Waals surface area contributed by atoms with Crippen molar-refractivity contribution in [2.75, 3.05) is 6.61 Å². The Morgan fingerprint density at radius 2 is 1.35 bits per heavy atom. The van der Waals surface area contributed by atoms with Crippen molar-refractivity contribution in [3.63, 3.8) is 0 Å². The highest BCUT2D eigenvalue weighted by molar-refractivity contribution is 6.76. The van der Waals surface area contributed by atoms with Gasteiger partial charge in [-0.3, -0.25) is 9.59 Å².